The predicted octanol–water partition coefficient (Wildman–Crippen LogP) is 2.69. The van der Waals surface area contributed by atoms with Gasteiger partial charge in [0, 0.05) is 22.8 Å². The molecule has 0 bridgehead atoms. The largest absolute Gasteiger partial charge is 0.480 e. The van der Waals surface area contributed by atoms with Crippen molar-refractivity contribution < 1.29 is 19.1 Å². The van der Waals surface area contributed by atoms with Crippen LogP contribution in [0.3, 0.4) is 0 Å². The van der Waals surface area contributed by atoms with Crippen molar-refractivity contribution in [2.24, 2.45) is 0 Å². The number of pyridine rings is 1. The molecule has 0 atom stereocenters. The molecule has 0 unspecified atom stereocenters. The number of nitrogen functional groups attached to an aromatic ring is 1. The average Bonchev–Trinajstić information content (AvgIpc) is 2.60. The monoisotopic (exact) mass is 339 g/mol. The molecule has 3 N–H and O–H groups in total. The lowest BCUT2D eigenvalue weighted by molar-refractivity contribution is -0.135. The first kappa shape index (κ1) is 16.4. The van der Waals surface area contributed by atoms with E-state index in [-0.39, 0.29) is 17.1 Å². The van der Waals surface area contributed by atoms with Gasteiger partial charge in [-0.3, -0.25) is 14.5 Å². The molecule has 0 spiro atoms. The van der Waals surface area contributed by atoms with Crippen molar-refractivity contribution >= 4 is 34.2 Å². The molecule has 0 saturated heterocycles. The quantitative estimate of drug-likeness (QED) is 0.762. The zero-order valence-corrected chi connectivity index (χ0v) is 13.0. The minimum atomic E-state index is -1.18. The Morgan fingerprint density at radius 1 is 1.12 bits per heavy atom. The first-order valence-electron chi connectivity index (χ1n) is 7.39. The first-order chi connectivity index (χ1) is 12.0. The average molecular weight is 339 g/mol. The third-order valence-corrected chi connectivity index (χ3v) is 3.72. The first-order valence-corrected chi connectivity index (χ1v) is 7.39. The predicted molar refractivity (Wildman–Crippen MR) is 91.9 cm³/mol. The van der Waals surface area contributed by atoms with Gasteiger partial charge in [0.1, 0.15) is 18.2 Å². The van der Waals surface area contributed by atoms with Crippen LogP contribution in [0.4, 0.5) is 15.9 Å². The molecule has 2 aromatic carbocycles. The molecule has 3 rings (SSSR count). The van der Waals surface area contributed by atoms with Crippen LogP contribution in [0.1, 0.15) is 10.4 Å². The molecule has 0 saturated carbocycles. The number of benzene rings is 2. The van der Waals surface area contributed by atoms with Crippen LogP contribution in [-0.4, -0.2) is 28.5 Å². The van der Waals surface area contributed by atoms with E-state index in [1.54, 1.807) is 30.5 Å². The van der Waals surface area contributed by atoms with Gasteiger partial charge < -0.3 is 10.8 Å². The molecule has 126 valence electrons. The minimum absolute atomic E-state index is 0.262. The van der Waals surface area contributed by atoms with Crippen LogP contribution in [0, 0.1) is 5.82 Å². The minimum Gasteiger partial charge on any atom is -0.480 e. The number of hydrogen-bond donors (Lipinski definition) is 2. The van der Waals surface area contributed by atoms with Crippen LogP contribution in [0.15, 0.2) is 54.7 Å². The molecule has 0 aliphatic carbocycles. The van der Waals surface area contributed by atoms with Crippen molar-refractivity contribution in [1.29, 1.82) is 0 Å². The molecule has 0 radical (unpaired) electrons. The van der Waals surface area contributed by atoms with Gasteiger partial charge in [0.2, 0.25) is 0 Å². The number of anilines is 2. The van der Waals surface area contributed by atoms with Gasteiger partial charge in [-0.05, 0) is 47.9 Å². The van der Waals surface area contributed by atoms with Crippen molar-refractivity contribution in [3.8, 4) is 0 Å². The second-order valence-corrected chi connectivity index (χ2v) is 5.39. The summed E-state index contributed by atoms with van der Waals surface area (Å²) < 4.78 is 13.1. The number of halogens is 1. The van der Waals surface area contributed by atoms with Crippen molar-refractivity contribution in [3.05, 3.63) is 66.1 Å². The van der Waals surface area contributed by atoms with E-state index in [0.717, 1.165) is 10.3 Å². The molecule has 1 heterocycles. The van der Waals surface area contributed by atoms with Crippen LogP contribution in [-0.2, 0) is 4.79 Å². The summed E-state index contributed by atoms with van der Waals surface area (Å²) in [5.41, 5.74) is 6.39. The standard InChI is InChI=1S/C18H14FN3O3/c19-13-3-5-14(6-4-13)22(10-16(23)24)18(25)12-2-1-11-7-8-21-17(20)15(11)9-12/h1-9H,10H2,(H2,20,21)(H,23,24). The second kappa shape index (κ2) is 6.56. The van der Waals surface area contributed by atoms with Crippen molar-refractivity contribution in [2.75, 3.05) is 17.2 Å². The van der Waals surface area contributed by atoms with E-state index >= 15 is 0 Å². The summed E-state index contributed by atoms with van der Waals surface area (Å²) in [7, 11) is 0. The highest BCUT2D eigenvalue weighted by Gasteiger charge is 2.21. The highest BCUT2D eigenvalue weighted by Crippen LogP contribution is 2.23. The van der Waals surface area contributed by atoms with E-state index in [4.69, 9.17) is 10.8 Å². The normalized spacial score (nSPS) is 10.6. The summed E-state index contributed by atoms with van der Waals surface area (Å²) in [6.07, 6.45) is 1.56. The maximum atomic E-state index is 13.1. The number of fused-ring (bicyclic) bond motifs is 1. The van der Waals surface area contributed by atoms with Crippen LogP contribution in [0.2, 0.25) is 0 Å². The summed E-state index contributed by atoms with van der Waals surface area (Å²) in [5.74, 6) is -1.91. The molecule has 0 aliphatic rings. The van der Waals surface area contributed by atoms with E-state index in [9.17, 15) is 14.0 Å². The maximum Gasteiger partial charge on any atom is 0.323 e. The van der Waals surface area contributed by atoms with Gasteiger partial charge >= 0.3 is 5.97 Å². The molecule has 25 heavy (non-hydrogen) atoms. The Balaban J connectivity index is 2.03. The molecule has 1 amide bonds. The lowest BCUT2D eigenvalue weighted by Gasteiger charge is -2.21. The van der Waals surface area contributed by atoms with Crippen LogP contribution >= 0.6 is 0 Å². The molecule has 0 fully saturated rings. The summed E-state index contributed by atoms with van der Waals surface area (Å²) >= 11 is 0. The molecule has 7 heteroatoms. The Bertz CT molecular complexity index is 957. The summed E-state index contributed by atoms with van der Waals surface area (Å²) in [6, 6.07) is 11.7. The molecule has 1 aromatic heterocycles. The zero-order chi connectivity index (χ0) is 18.0. The third-order valence-electron chi connectivity index (χ3n) is 3.72. The van der Waals surface area contributed by atoms with Crippen LogP contribution in [0.25, 0.3) is 10.8 Å². The van der Waals surface area contributed by atoms with E-state index in [0.29, 0.717) is 5.39 Å². The number of carboxylic acids is 1. The topological polar surface area (TPSA) is 96.5 Å². The van der Waals surface area contributed by atoms with E-state index in [2.05, 4.69) is 4.98 Å². The fourth-order valence-corrected chi connectivity index (χ4v) is 2.52. The molecular formula is C18H14FN3O3. The highest BCUT2D eigenvalue weighted by molar-refractivity contribution is 6.10. The van der Waals surface area contributed by atoms with Crippen molar-refractivity contribution in [2.45, 2.75) is 0 Å². The summed E-state index contributed by atoms with van der Waals surface area (Å²) in [4.78, 5) is 29.0. The van der Waals surface area contributed by atoms with E-state index < -0.39 is 24.2 Å². The maximum absolute atomic E-state index is 13.1. The zero-order valence-electron chi connectivity index (χ0n) is 13.0. The molecular weight excluding hydrogens is 325 g/mol. The number of amides is 1. The lowest BCUT2D eigenvalue weighted by Crippen LogP contribution is -2.35. The SMILES string of the molecule is Nc1nccc2ccc(C(=O)N(CC(=O)O)c3ccc(F)cc3)cc12. The van der Waals surface area contributed by atoms with Gasteiger partial charge in [0.15, 0.2) is 0 Å². The third kappa shape index (κ3) is 3.40. The Labute approximate surface area is 142 Å². The second-order valence-electron chi connectivity index (χ2n) is 5.39. The number of carbonyl (C=O) groups is 2. The molecule has 6 nitrogen and oxygen atoms in total. The molecule has 3 aromatic rings. The van der Waals surface area contributed by atoms with Crippen LogP contribution < -0.4 is 10.6 Å². The Hall–Kier alpha value is -3.48. The number of carbonyl (C=O) groups excluding carboxylic acids is 1. The fourth-order valence-electron chi connectivity index (χ4n) is 2.52. The number of aliphatic carboxylic acids is 1. The van der Waals surface area contributed by atoms with Gasteiger partial charge in [-0.25, -0.2) is 9.37 Å². The van der Waals surface area contributed by atoms with Crippen molar-refractivity contribution in [1.82, 2.24) is 4.98 Å². The number of aromatic nitrogens is 1. The Kier molecular flexibility index (Phi) is 4.30. The van der Waals surface area contributed by atoms with Crippen LogP contribution in [0.5, 0.6) is 0 Å². The van der Waals surface area contributed by atoms with E-state index in [1.165, 1.54) is 24.3 Å². The van der Waals surface area contributed by atoms with Gasteiger partial charge in [0.05, 0.1) is 0 Å². The lowest BCUT2D eigenvalue weighted by atomic mass is 10.1. The summed E-state index contributed by atoms with van der Waals surface area (Å²) in [6.45, 7) is -0.551. The fraction of sp³-hybridized carbons (Fsp3) is 0.0556. The van der Waals surface area contributed by atoms with E-state index in [1.807, 2.05) is 0 Å². The van der Waals surface area contributed by atoms with Gasteiger partial charge in [-0.2, -0.15) is 0 Å². The molecule has 0 aliphatic heterocycles. The Morgan fingerprint density at radius 3 is 2.52 bits per heavy atom. The number of hydrogen-bond acceptors (Lipinski definition) is 4. The van der Waals surface area contributed by atoms with Gasteiger partial charge in [-0.15, -0.1) is 0 Å². The van der Waals surface area contributed by atoms with Gasteiger partial charge in [0.25, 0.3) is 5.91 Å². The number of nitrogens with two attached hydrogens (primary N) is 1. The summed E-state index contributed by atoms with van der Waals surface area (Å²) in [5, 5.41) is 10.5. The highest BCUT2D eigenvalue weighted by atomic mass is 19.1. The van der Waals surface area contributed by atoms with Crippen molar-refractivity contribution in [3.63, 3.8) is 0 Å². The number of carboxylic acid groups (broad SMARTS) is 1. The van der Waals surface area contributed by atoms with Gasteiger partial charge in [-0.1, -0.05) is 6.07 Å². The smallest absolute Gasteiger partial charge is 0.323 e. The Morgan fingerprint density at radius 2 is 1.84 bits per heavy atom. The number of rotatable bonds is 4. The number of nitrogens with zero attached hydrogens (tertiary/aromatic N) is 2.